The molecule has 2 atom stereocenters. The summed E-state index contributed by atoms with van der Waals surface area (Å²) in [5.74, 6) is 0.826. The third kappa shape index (κ3) is 4.55. The molecular weight excluding hydrogens is 220 g/mol. The van der Waals surface area contributed by atoms with E-state index >= 15 is 0 Å². The molecule has 1 aliphatic carbocycles. The van der Waals surface area contributed by atoms with Crippen LogP contribution in [0.25, 0.3) is 0 Å². The summed E-state index contributed by atoms with van der Waals surface area (Å²) in [6.07, 6.45) is 2.69. The van der Waals surface area contributed by atoms with Crippen molar-refractivity contribution in [2.24, 2.45) is 11.3 Å². The molecule has 2 nitrogen and oxygen atoms in total. The van der Waals surface area contributed by atoms with E-state index in [4.69, 9.17) is 0 Å². The van der Waals surface area contributed by atoms with Crippen molar-refractivity contribution in [3.05, 3.63) is 0 Å². The highest BCUT2D eigenvalue weighted by atomic mass is 15.2. The largest absolute Gasteiger partial charge is 0.312 e. The fourth-order valence-corrected chi connectivity index (χ4v) is 3.66. The molecule has 0 spiro atoms. The van der Waals surface area contributed by atoms with Crippen molar-refractivity contribution in [2.75, 3.05) is 13.1 Å². The predicted molar refractivity (Wildman–Crippen MR) is 80.9 cm³/mol. The van der Waals surface area contributed by atoms with Gasteiger partial charge in [0, 0.05) is 31.2 Å². The van der Waals surface area contributed by atoms with Crippen molar-refractivity contribution in [2.45, 2.75) is 79.4 Å². The smallest absolute Gasteiger partial charge is 0.0112 e. The van der Waals surface area contributed by atoms with Crippen LogP contribution in [0.4, 0.5) is 0 Å². The first-order chi connectivity index (χ1) is 8.23. The maximum absolute atomic E-state index is 3.79. The van der Waals surface area contributed by atoms with Gasteiger partial charge in [-0.1, -0.05) is 20.8 Å². The van der Waals surface area contributed by atoms with Crippen LogP contribution in [0.5, 0.6) is 0 Å². The summed E-state index contributed by atoms with van der Waals surface area (Å²) in [5.41, 5.74) is 0.535. The Morgan fingerprint density at radius 1 is 1.11 bits per heavy atom. The van der Waals surface area contributed by atoms with Crippen molar-refractivity contribution in [3.8, 4) is 0 Å². The summed E-state index contributed by atoms with van der Waals surface area (Å²) in [6.45, 7) is 18.7. The van der Waals surface area contributed by atoms with Crippen LogP contribution >= 0.6 is 0 Å². The Bertz CT molecular complexity index is 237. The van der Waals surface area contributed by atoms with E-state index in [2.05, 4.69) is 58.7 Å². The van der Waals surface area contributed by atoms with E-state index in [9.17, 15) is 0 Å². The second kappa shape index (κ2) is 6.38. The van der Waals surface area contributed by atoms with Gasteiger partial charge in [0.15, 0.2) is 0 Å². The topological polar surface area (TPSA) is 15.3 Å². The predicted octanol–water partition coefficient (Wildman–Crippen LogP) is 3.52. The first kappa shape index (κ1) is 16.0. The number of hydrogen-bond acceptors (Lipinski definition) is 2. The fourth-order valence-electron chi connectivity index (χ4n) is 3.66. The molecule has 108 valence electrons. The number of nitrogens with one attached hydrogen (secondary N) is 1. The Morgan fingerprint density at radius 2 is 1.67 bits per heavy atom. The Morgan fingerprint density at radius 3 is 2.06 bits per heavy atom. The van der Waals surface area contributed by atoms with Crippen LogP contribution in [-0.2, 0) is 0 Å². The molecule has 1 saturated carbocycles. The van der Waals surface area contributed by atoms with E-state index in [1.165, 1.54) is 19.4 Å². The van der Waals surface area contributed by atoms with E-state index in [1.54, 1.807) is 0 Å². The van der Waals surface area contributed by atoms with E-state index in [-0.39, 0.29) is 0 Å². The van der Waals surface area contributed by atoms with E-state index in [0.29, 0.717) is 17.5 Å². The first-order valence-electron chi connectivity index (χ1n) is 7.72. The van der Waals surface area contributed by atoms with Crippen molar-refractivity contribution in [3.63, 3.8) is 0 Å². The highest BCUT2D eigenvalue weighted by Crippen LogP contribution is 2.40. The molecule has 0 aliphatic heterocycles. The van der Waals surface area contributed by atoms with Crippen LogP contribution in [0.2, 0.25) is 0 Å². The quantitative estimate of drug-likeness (QED) is 0.780. The molecule has 2 unspecified atom stereocenters. The monoisotopic (exact) mass is 254 g/mol. The van der Waals surface area contributed by atoms with Crippen molar-refractivity contribution in [1.82, 2.24) is 10.2 Å². The van der Waals surface area contributed by atoms with E-state index in [0.717, 1.165) is 18.5 Å². The zero-order chi connectivity index (χ0) is 13.9. The van der Waals surface area contributed by atoms with Gasteiger partial charge in [-0.05, 0) is 51.9 Å². The Balaban J connectivity index is 2.33. The fraction of sp³-hybridized carbons (Fsp3) is 1.00. The molecule has 0 amide bonds. The summed E-state index contributed by atoms with van der Waals surface area (Å²) >= 11 is 0. The molecule has 1 aliphatic rings. The van der Waals surface area contributed by atoms with Gasteiger partial charge < -0.3 is 5.32 Å². The second-order valence-electron chi connectivity index (χ2n) is 7.54. The first-order valence-corrected chi connectivity index (χ1v) is 7.72. The van der Waals surface area contributed by atoms with Crippen LogP contribution in [0.15, 0.2) is 0 Å². The van der Waals surface area contributed by atoms with Gasteiger partial charge >= 0.3 is 0 Å². The van der Waals surface area contributed by atoms with Crippen LogP contribution in [0.1, 0.15) is 61.3 Å². The average Bonchev–Trinajstić information content (AvgIpc) is 2.45. The third-order valence-electron chi connectivity index (χ3n) is 4.44. The Labute approximate surface area is 115 Å². The lowest BCUT2D eigenvalue weighted by molar-refractivity contribution is 0.172. The summed E-state index contributed by atoms with van der Waals surface area (Å²) < 4.78 is 0. The molecule has 2 heteroatoms. The minimum absolute atomic E-state index is 0.535. The minimum atomic E-state index is 0.535. The van der Waals surface area contributed by atoms with Gasteiger partial charge in [0.2, 0.25) is 0 Å². The van der Waals surface area contributed by atoms with Crippen molar-refractivity contribution >= 4 is 0 Å². The SMILES string of the molecule is CC1CC(C)(C)CC1NCCN(C(C)C)C(C)C. The molecular formula is C16H34N2. The Hall–Kier alpha value is -0.0800. The third-order valence-corrected chi connectivity index (χ3v) is 4.44. The second-order valence-corrected chi connectivity index (χ2v) is 7.54. The van der Waals surface area contributed by atoms with Crippen LogP contribution in [0, 0.1) is 11.3 Å². The Kier molecular flexibility index (Phi) is 5.67. The summed E-state index contributed by atoms with van der Waals surface area (Å²) in [5, 5.41) is 3.79. The summed E-state index contributed by atoms with van der Waals surface area (Å²) in [6, 6.07) is 2.01. The number of hydrogen-bond donors (Lipinski definition) is 1. The zero-order valence-electron chi connectivity index (χ0n) is 13.6. The van der Waals surface area contributed by atoms with Crippen LogP contribution in [-0.4, -0.2) is 36.1 Å². The van der Waals surface area contributed by atoms with E-state index < -0.39 is 0 Å². The van der Waals surface area contributed by atoms with Gasteiger partial charge in [-0.3, -0.25) is 4.90 Å². The normalized spacial score (nSPS) is 27.7. The maximum atomic E-state index is 3.79. The molecule has 0 saturated heterocycles. The van der Waals surface area contributed by atoms with Gasteiger partial charge in [-0.15, -0.1) is 0 Å². The molecule has 0 aromatic rings. The molecule has 0 aromatic heterocycles. The van der Waals surface area contributed by atoms with Crippen LogP contribution < -0.4 is 5.32 Å². The van der Waals surface area contributed by atoms with Gasteiger partial charge in [-0.2, -0.15) is 0 Å². The lowest BCUT2D eigenvalue weighted by Gasteiger charge is -2.31. The summed E-state index contributed by atoms with van der Waals surface area (Å²) in [7, 11) is 0. The molecule has 0 heterocycles. The number of nitrogens with zero attached hydrogens (tertiary/aromatic N) is 1. The van der Waals surface area contributed by atoms with Crippen molar-refractivity contribution in [1.29, 1.82) is 0 Å². The van der Waals surface area contributed by atoms with Crippen molar-refractivity contribution < 1.29 is 0 Å². The molecule has 1 rings (SSSR count). The van der Waals surface area contributed by atoms with Gasteiger partial charge in [0.05, 0.1) is 0 Å². The lowest BCUT2D eigenvalue weighted by atomic mass is 9.91. The molecule has 1 N–H and O–H groups in total. The molecule has 0 aromatic carbocycles. The van der Waals surface area contributed by atoms with Gasteiger partial charge in [-0.25, -0.2) is 0 Å². The van der Waals surface area contributed by atoms with E-state index in [1.807, 2.05) is 0 Å². The average molecular weight is 254 g/mol. The lowest BCUT2D eigenvalue weighted by Crippen LogP contribution is -2.44. The van der Waals surface area contributed by atoms with Gasteiger partial charge in [0.1, 0.15) is 0 Å². The molecule has 1 fully saturated rings. The zero-order valence-corrected chi connectivity index (χ0v) is 13.6. The molecule has 18 heavy (non-hydrogen) atoms. The maximum Gasteiger partial charge on any atom is 0.0112 e. The summed E-state index contributed by atoms with van der Waals surface area (Å²) in [4.78, 5) is 2.57. The van der Waals surface area contributed by atoms with Crippen LogP contribution in [0.3, 0.4) is 0 Å². The van der Waals surface area contributed by atoms with Gasteiger partial charge in [0.25, 0.3) is 0 Å². The highest BCUT2D eigenvalue weighted by molar-refractivity contribution is 4.91. The highest BCUT2D eigenvalue weighted by Gasteiger charge is 2.36. The standard InChI is InChI=1S/C16H34N2/c1-12(2)18(13(3)4)9-8-17-15-11-16(6,7)10-14(15)5/h12-15,17H,8-11H2,1-7H3. The number of rotatable bonds is 6. The molecule has 0 bridgehead atoms. The molecule has 0 radical (unpaired) electrons. The minimum Gasteiger partial charge on any atom is -0.312 e.